The van der Waals surface area contributed by atoms with E-state index in [1.807, 2.05) is 0 Å². The summed E-state index contributed by atoms with van der Waals surface area (Å²) >= 11 is 0. The average Bonchev–Trinajstić information content (AvgIpc) is 3.56. The highest BCUT2D eigenvalue weighted by Crippen LogP contribution is 2.55. The second-order valence-electron chi connectivity index (χ2n) is 11.6. The van der Waals surface area contributed by atoms with Crippen LogP contribution in [-0.2, 0) is 0 Å². The summed E-state index contributed by atoms with van der Waals surface area (Å²) in [7, 11) is 0. The molecule has 0 radical (unpaired) electrons. The van der Waals surface area contributed by atoms with E-state index in [1.165, 1.54) is 77.5 Å². The summed E-state index contributed by atoms with van der Waals surface area (Å²) in [6.07, 6.45) is 0. The van der Waals surface area contributed by atoms with E-state index in [1.54, 1.807) is 0 Å². The van der Waals surface area contributed by atoms with Gasteiger partial charge in [0.05, 0.1) is 0 Å². The minimum absolute atomic E-state index is 0.191. The van der Waals surface area contributed by atoms with E-state index in [2.05, 4.69) is 158 Å². The van der Waals surface area contributed by atoms with Crippen molar-refractivity contribution in [2.24, 2.45) is 0 Å². The molecule has 0 spiro atoms. The minimum Gasteiger partial charge on any atom is -0.0622 e. The Morgan fingerprint density at radius 1 is 0.310 bits per heavy atom. The fourth-order valence-electron chi connectivity index (χ4n) is 7.63. The highest BCUT2D eigenvalue weighted by molar-refractivity contribution is 5.97. The maximum atomic E-state index is 2.54. The van der Waals surface area contributed by atoms with Gasteiger partial charge in [-0.15, -0.1) is 0 Å². The first-order valence-corrected chi connectivity index (χ1v) is 14.8. The van der Waals surface area contributed by atoms with Gasteiger partial charge in [-0.1, -0.05) is 152 Å². The molecule has 0 aliphatic heterocycles. The maximum Gasteiger partial charge on any atom is 0.0352 e. The monoisotopic (exact) mass is 532 g/mol. The Labute approximate surface area is 246 Å². The van der Waals surface area contributed by atoms with E-state index in [-0.39, 0.29) is 11.8 Å². The second kappa shape index (κ2) is 9.16. The van der Waals surface area contributed by atoms with Crippen molar-refractivity contribution in [1.82, 2.24) is 0 Å². The molecule has 42 heavy (non-hydrogen) atoms. The molecule has 0 nitrogen and oxygen atoms in total. The van der Waals surface area contributed by atoms with Crippen LogP contribution >= 0.6 is 0 Å². The van der Waals surface area contributed by atoms with E-state index >= 15 is 0 Å². The van der Waals surface area contributed by atoms with Crippen LogP contribution in [0.25, 0.3) is 44.2 Å². The lowest BCUT2D eigenvalue weighted by Crippen LogP contribution is -2.03. The Kier molecular flexibility index (Phi) is 5.12. The first-order valence-electron chi connectivity index (χ1n) is 14.8. The van der Waals surface area contributed by atoms with Crippen LogP contribution in [0.3, 0.4) is 0 Å². The van der Waals surface area contributed by atoms with Crippen LogP contribution < -0.4 is 0 Å². The van der Waals surface area contributed by atoms with E-state index in [0.29, 0.717) is 0 Å². The van der Waals surface area contributed by atoms with Gasteiger partial charge in [-0.25, -0.2) is 0 Å². The molecule has 0 bridgehead atoms. The zero-order valence-electron chi connectivity index (χ0n) is 23.2. The smallest absolute Gasteiger partial charge is 0.0352 e. The lowest BCUT2D eigenvalue weighted by atomic mass is 9.84. The summed E-state index contributed by atoms with van der Waals surface area (Å²) in [6.45, 7) is 0. The van der Waals surface area contributed by atoms with Crippen LogP contribution in [0.2, 0.25) is 0 Å². The number of fused-ring (bicyclic) bond motifs is 7. The van der Waals surface area contributed by atoms with E-state index in [9.17, 15) is 0 Å². The summed E-state index contributed by atoms with van der Waals surface area (Å²) in [5.41, 5.74) is 16.4. The van der Waals surface area contributed by atoms with Gasteiger partial charge in [0.2, 0.25) is 0 Å². The summed E-state index contributed by atoms with van der Waals surface area (Å²) in [6, 6.07) is 58.6. The second-order valence-corrected chi connectivity index (χ2v) is 11.6. The fourth-order valence-corrected chi connectivity index (χ4v) is 7.63. The summed E-state index contributed by atoms with van der Waals surface area (Å²) in [5.74, 6) is 0.436. The summed E-state index contributed by atoms with van der Waals surface area (Å²) in [5, 5.41) is 2.57. The van der Waals surface area contributed by atoms with E-state index < -0.39 is 0 Å². The quantitative estimate of drug-likeness (QED) is 0.212. The third kappa shape index (κ3) is 3.42. The molecule has 2 atom stereocenters. The molecule has 0 N–H and O–H groups in total. The van der Waals surface area contributed by atoms with Crippen molar-refractivity contribution in [2.45, 2.75) is 11.8 Å². The fraction of sp³-hybridized carbons (Fsp3) is 0.0476. The van der Waals surface area contributed by atoms with Crippen molar-refractivity contribution in [3.63, 3.8) is 0 Å². The molecule has 7 aromatic carbocycles. The molecule has 0 fully saturated rings. The standard InChI is InChI=1S/C42H28/c1-2-13-28(14-3-1)41-35-21-8-6-19-33(35)37-25-38-34-20-7-9-22-36(34)42(40(38)26-39(37)41)30-17-10-16-29(24-30)32-23-11-15-27-12-4-5-18-31(27)32/h1-26,41-42H. The number of hydrogen-bond acceptors (Lipinski definition) is 0. The van der Waals surface area contributed by atoms with Crippen LogP contribution in [0.5, 0.6) is 0 Å². The molecule has 0 heterocycles. The predicted octanol–water partition coefficient (Wildman–Crippen LogP) is 10.8. The zero-order chi connectivity index (χ0) is 27.6. The van der Waals surface area contributed by atoms with Gasteiger partial charge >= 0.3 is 0 Å². The van der Waals surface area contributed by atoms with E-state index in [4.69, 9.17) is 0 Å². The summed E-state index contributed by atoms with van der Waals surface area (Å²) < 4.78 is 0. The molecule has 2 aliphatic rings. The van der Waals surface area contributed by atoms with Crippen LogP contribution in [0.15, 0.2) is 158 Å². The Bertz CT molecular complexity index is 2140. The molecule has 0 amide bonds. The molecule has 196 valence electrons. The van der Waals surface area contributed by atoms with Crippen LogP contribution in [0.1, 0.15) is 45.2 Å². The molecule has 7 aromatic rings. The first kappa shape index (κ1) is 23.5. The van der Waals surface area contributed by atoms with Crippen molar-refractivity contribution in [3.8, 4) is 33.4 Å². The Morgan fingerprint density at radius 3 is 1.62 bits per heavy atom. The topological polar surface area (TPSA) is 0 Å². The van der Waals surface area contributed by atoms with Crippen molar-refractivity contribution >= 4 is 10.8 Å². The largest absolute Gasteiger partial charge is 0.0622 e. The molecule has 0 saturated carbocycles. The molecule has 0 heteroatoms. The molecule has 0 aromatic heterocycles. The first-order chi connectivity index (χ1) is 20.8. The van der Waals surface area contributed by atoms with Gasteiger partial charge in [0.1, 0.15) is 0 Å². The minimum atomic E-state index is 0.191. The van der Waals surface area contributed by atoms with Gasteiger partial charge in [-0.3, -0.25) is 0 Å². The molecule has 9 rings (SSSR count). The van der Waals surface area contributed by atoms with Crippen LogP contribution in [-0.4, -0.2) is 0 Å². The normalized spacial score (nSPS) is 16.1. The van der Waals surface area contributed by atoms with Crippen LogP contribution in [0, 0.1) is 0 Å². The summed E-state index contributed by atoms with van der Waals surface area (Å²) in [4.78, 5) is 0. The van der Waals surface area contributed by atoms with Gasteiger partial charge in [-0.2, -0.15) is 0 Å². The lowest BCUT2D eigenvalue weighted by Gasteiger charge is -2.19. The number of benzene rings is 7. The number of hydrogen-bond donors (Lipinski definition) is 0. The predicted molar refractivity (Wildman–Crippen MR) is 175 cm³/mol. The molecule has 0 saturated heterocycles. The Balaban J connectivity index is 1.26. The van der Waals surface area contributed by atoms with Crippen molar-refractivity contribution in [3.05, 3.63) is 191 Å². The average molecular weight is 533 g/mol. The van der Waals surface area contributed by atoms with Crippen molar-refractivity contribution in [2.75, 3.05) is 0 Å². The molecular weight excluding hydrogens is 504 g/mol. The third-order valence-corrected chi connectivity index (χ3v) is 9.42. The Hall–Kier alpha value is -5.20. The lowest BCUT2D eigenvalue weighted by molar-refractivity contribution is 0.982. The molecule has 2 aliphatic carbocycles. The molecule has 2 unspecified atom stereocenters. The van der Waals surface area contributed by atoms with E-state index in [0.717, 1.165) is 0 Å². The SMILES string of the molecule is c1ccc(C2c3ccccc3-c3cc4c(cc32)C(c2cccc(-c3cccc5ccccc35)c2)c2ccccc2-4)cc1. The third-order valence-electron chi connectivity index (χ3n) is 9.42. The van der Waals surface area contributed by atoms with Gasteiger partial charge in [0.15, 0.2) is 0 Å². The van der Waals surface area contributed by atoms with Gasteiger partial charge in [0.25, 0.3) is 0 Å². The Morgan fingerprint density at radius 2 is 0.857 bits per heavy atom. The van der Waals surface area contributed by atoms with Crippen molar-refractivity contribution in [1.29, 1.82) is 0 Å². The van der Waals surface area contributed by atoms with Crippen molar-refractivity contribution < 1.29 is 0 Å². The van der Waals surface area contributed by atoms with Gasteiger partial charge in [0, 0.05) is 11.8 Å². The zero-order valence-corrected chi connectivity index (χ0v) is 23.2. The van der Waals surface area contributed by atoms with Crippen LogP contribution in [0.4, 0.5) is 0 Å². The highest BCUT2D eigenvalue weighted by atomic mass is 14.4. The molecular formula is C42H28. The van der Waals surface area contributed by atoms with Gasteiger partial charge in [-0.05, 0) is 83.6 Å². The maximum absolute atomic E-state index is 2.54. The number of rotatable bonds is 3. The highest BCUT2D eigenvalue weighted by Gasteiger charge is 2.36. The van der Waals surface area contributed by atoms with Gasteiger partial charge < -0.3 is 0 Å².